The van der Waals surface area contributed by atoms with Crippen LogP contribution in [0.4, 0.5) is 23.8 Å². The van der Waals surface area contributed by atoms with Gasteiger partial charge in [-0.3, -0.25) is 0 Å². The number of alkyl halides is 3. The quantitative estimate of drug-likeness (QED) is 0.875. The normalized spacial score (nSPS) is 19.8. The molecule has 0 bridgehead atoms. The molecular formula is C12H15F3N4O. The van der Waals surface area contributed by atoms with E-state index in [1.807, 2.05) is 0 Å². The van der Waals surface area contributed by atoms with Crippen molar-refractivity contribution in [3.05, 3.63) is 23.9 Å². The molecule has 0 radical (unpaired) electrons. The van der Waals surface area contributed by atoms with E-state index in [1.54, 1.807) is 0 Å². The smallest absolute Gasteiger partial charge is 0.366 e. The van der Waals surface area contributed by atoms with E-state index in [9.17, 15) is 18.0 Å². The van der Waals surface area contributed by atoms with E-state index < -0.39 is 17.8 Å². The Morgan fingerprint density at radius 1 is 1.45 bits per heavy atom. The molecule has 3 N–H and O–H groups in total. The van der Waals surface area contributed by atoms with Crippen molar-refractivity contribution < 1.29 is 18.0 Å². The molecule has 1 saturated heterocycles. The minimum Gasteiger partial charge on any atom is -0.366 e. The second-order valence-electron chi connectivity index (χ2n) is 4.70. The number of rotatable bonds is 2. The number of amides is 2. The van der Waals surface area contributed by atoms with E-state index in [2.05, 4.69) is 10.3 Å². The van der Waals surface area contributed by atoms with Gasteiger partial charge < -0.3 is 16.0 Å². The van der Waals surface area contributed by atoms with Crippen molar-refractivity contribution in [2.75, 3.05) is 18.4 Å². The molecule has 0 unspecified atom stereocenters. The zero-order chi connectivity index (χ0) is 14.8. The lowest BCUT2D eigenvalue weighted by atomic mass is 10.1. The number of urea groups is 1. The van der Waals surface area contributed by atoms with Gasteiger partial charge in [0.1, 0.15) is 5.82 Å². The average molecular weight is 288 g/mol. The highest BCUT2D eigenvalue weighted by atomic mass is 19.4. The summed E-state index contributed by atoms with van der Waals surface area (Å²) in [5.74, 6) is 0.356. The minimum atomic E-state index is -4.39. The first kappa shape index (κ1) is 14.4. The molecule has 0 spiro atoms. The molecular weight excluding hydrogens is 273 g/mol. The van der Waals surface area contributed by atoms with E-state index in [0.29, 0.717) is 18.9 Å². The molecule has 0 aromatic carbocycles. The molecule has 0 aliphatic carbocycles. The summed E-state index contributed by atoms with van der Waals surface area (Å²) >= 11 is 0. The molecule has 5 nitrogen and oxygen atoms in total. The van der Waals surface area contributed by atoms with Crippen LogP contribution in [0.5, 0.6) is 0 Å². The first-order chi connectivity index (χ1) is 9.36. The highest BCUT2D eigenvalue weighted by molar-refractivity contribution is 5.72. The third-order valence-corrected chi connectivity index (χ3v) is 3.18. The van der Waals surface area contributed by atoms with Crippen LogP contribution < -0.4 is 11.1 Å². The summed E-state index contributed by atoms with van der Waals surface area (Å²) < 4.78 is 37.2. The van der Waals surface area contributed by atoms with Crippen LogP contribution in [0, 0.1) is 0 Å². The van der Waals surface area contributed by atoms with Crippen LogP contribution in [0.2, 0.25) is 0 Å². The van der Waals surface area contributed by atoms with Crippen molar-refractivity contribution in [1.29, 1.82) is 0 Å². The summed E-state index contributed by atoms with van der Waals surface area (Å²) in [6, 6.07) is 1.72. The van der Waals surface area contributed by atoms with E-state index in [1.165, 1.54) is 11.0 Å². The Labute approximate surface area is 114 Å². The Morgan fingerprint density at radius 2 is 2.20 bits per heavy atom. The number of pyridine rings is 1. The fourth-order valence-electron chi connectivity index (χ4n) is 2.15. The summed E-state index contributed by atoms with van der Waals surface area (Å²) in [6.07, 6.45) is -2.00. The van der Waals surface area contributed by atoms with Gasteiger partial charge in [0.2, 0.25) is 0 Å². The Hall–Kier alpha value is -1.99. The fraction of sp³-hybridized carbons (Fsp3) is 0.500. The van der Waals surface area contributed by atoms with Gasteiger partial charge >= 0.3 is 12.2 Å². The van der Waals surface area contributed by atoms with Crippen LogP contribution >= 0.6 is 0 Å². The molecule has 2 heterocycles. The van der Waals surface area contributed by atoms with Gasteiger partial charge in [-0.25, -0.2) is 9.78 Å². The van der Waals surface area contributed by atoms with Gasteiger partial charge in [-0.1, -0.05) is 0 Å². The summed E-state index contributed by atoms with van der Waals surface area (Å²) in [5.41, 5.74) is 4.42. The Kier molecular flexibility index (Phi) is 4.01. The molecule has 1 aliphatic heterocycles. The maximum atomic E-state index is 12.4. The fourth-order valence-corrected chi connectivity index (χ4v) is 2.15. The molecule has 1 aromatic heterocycles. The molecule has 110 valence electrons. The summed E-state index contributed by atoms with van der Waals surface area (Å²) in [6.45, 7) is 1.03. The maximum absolute atomic E-state index is 12.4. The van der Waals surface area contributed by atoms with E-state index >= 15 is 0 Å². The number of aromatic nitrogens is 1. The third-order valence-electron chi connectivity index (χ3n) is 3.18. The lowest BCUT2D eigenvalue weighted by Gasteiger charge is -2.32. The van der Waals surface area contributed by atoms with Crippen molar-refractivity contribution in [1.82, 2.24) is 9.88 Å². The Morgan fingerprint density at radius 3 is 2.75 bits per heavy atom. The summed E-state index contributed by atoms with van der Waals surface area (Å²) in [7, 11) is 0. The third kappa shape index (κ3) is 3.52. The second kappa shape index (κ2) is 5.56. The van der Waals surface area contributed by atoms with Crippen LogP contribution in [0.25, 0.3) is 0 Å². The number of likely N-dealkylation sites (tertiary alicyclic amines) is 1. The second-order valence-corrected chi connectivity index (χ2v) is 4.70. The van der Waals surface area contributed by atoms with Gasteiger partial charge in [0.05, 0.1) is 5.56 Å². The van der Waals surface area contributed by atoms with Crippen molar-refractivity contribution in [2.24, 2.45) is 5.73 Å². The van der Waals surface area contributed by atoms with Gasteiger partial charge in [0.15, 0.2) is 0 Å². The minimum absolute atomic E-state index is 0.0551. The number of nitrogens with zero attached hydrogens (tertiary/aromatic N) is 2. The van der Waals surface area contributed by atoms with Gasteiger partial charge in [0, 0.05) is 25.3 Å². The van der Waals surface area contributed by atoms with Crippen LogP contribution in [0.3, 0.4) is 0 Å². The summed E-state index contributed by atoms with van der Waals surface area (Å²) in [4.78, 5) is 16.3. The standard InChI is InChI=1S/C12H15F3N4O/c13-12(14,15)8-3-4-10(17-6-8)18-9-2-1-5-19(7-9)11(16)20/h3-4,6,9H,1-2,5,7H2,(H2,16,20)(H,17,18)/t9-/m0/s1. The number of carbonyl (C=O) groups excluding carboxylic acids is 1. The van der Waals surface area contributed by atoms with Gasteiger partial charge in [-0.05, 0) is 25.0 Å². The SMILES string of the molecule is NC(=O)N1CCC[C@H](Nc2ccc(C(F)(F)F)cn2)C1. The molecule has 1 aromatic rings. The summed E-state index contributed by atoms with van der Waals surface area (Å²) in [5, 5.41) is 3.02. The van der Waals surface area contributed by atoms with Crippen LogP contribution in [0.15, 0.2) is 18.3 Å². The topological polar surface area (TPSA) is 71.2 Å². The van der Waals surface area contributed by atoms with Crippen molar-refractivity contribution >= 4 is 11.8 Å². The molecule has 1 atom stereocenters. The van der Waals surface area contributed by atoms with Crippen LogP contribution in [-0.2, 0) is 6.18 Å². The molecule has 0 saturated carbocycles. The highest BCUT2D eigenvalue weighted by Crippen LogP contribution is 2.29. The number of carbonyl (C=O) groups is 1. The first-order valence-electron chi connectivity index (χ1n) is 6.20. The Bertz CT molecular complexity index is 475. The monoisotopic (exact) mass is 288 g/mol. The molecule has 1 aliphatic rings. The zero-order valence-electron chi connectivity index (χ0n) is 10.7. The van der Waals surface area contributed by atoms with E-state index in [-0.39, 0.29) is 6.04 Å². The predicted molar refractivity (Wildman–Crippen MR) is 67.0 cm³/mol. The zero-order valence-corrected chi connectivity index (χ0v) is 10.7. The number of anilines is 1. The van der Waals surface area contributed by atoms with Crippen molar-refractivity contribution in [3.8, 4) is 0 Å². The number of primary amides is 1. The number of hydrogen-bond acceptors (Lipinski definition) is 3. The lowest BCUT2D eigenvalue weighted by Crippen LogP contribution is -2.47. The predicted octanol–water partition coefficient (Wildman–Crippen LogP) is 2.06. The highest BCUT2D eigenvalue weighted by Gasteiger charge is 2.30. The maximum Gasteiger partial charge on any atom is 0.417 e. The molecule has 1 fully saturated rings. The van der Waals surface area contributed by atoms with E-state index in [0.717, 1.165) is 25.1 Å². The van der Waals surface area contributed by atoms with E-state index in [4.69, 9.17) is 5.73 Å². The first-order valence-corrected chi connectivity index (χ1v) is 6.20. The molecule has 2 amide bonds. The molecule has 8 heteroatoms. The molecule has 2 rings (SSSR count). The van der Waals surface area contributed by atoms with Crippen molar-refractivity contribution in [2.45, 2.75) is 25.1 Å². The number of hydrogen-bond donors (Lipinski definition) is 2. The van der Waals surface area contributed by atoms with Gasteiger partial charge in [-0.15, -0.1) is 0 Å². The number of nitrogens with two attached hydrogens (primary N) is 1. The van der Waals surface area contributed by atoms with Gasteiger partial charge in [0.25, 0.3) is 0 Å². The lowest BCUT2D eigenvalue weighted by molar-refractivity contribution is -0.137. The van der Waals surface area contributed by atoms with Crippen LogP contribution in [-0.4, -0.2) is 35.0 Å². The Balaban J connectivity index is 1.98. The number of piperidine rings is 1. The average Bonchev–Trinajstić information content (AvgIpc) is 2.38. The van der Waals surface area contributed by atoms with Crippen LogP contribution in [0.1, 0.15) is 18.4 Å². The van der Waals surface area contributed by atoms with Crippen molar-refractivity contribution in [3.63, 3.8) is 0 Å². The molecule has 20 heavy (non-hydrogen) atoms. The number of halogens is 3. The largest absolute Gasteiger partial charge is 0.417 e. The number of nitrogens with one attached hydrogen (secondary N) is 1. The van der Waals surface area contributed by atoms with Gasteiger partial charge in [-0.2, -0.15) is 13.2 Å².